The zero-order valence-corrected chi connectivity index (χ0v) is 18.2. The van der Waals surface area contributed by atoms with Gasteiger partial charge in [-0.15, -0.1) is 0 Å². The predicted molar refractivity (Wildman–Crippen MR) is 110 cm³/mol. The zero-order valence-electron chi connectivity index (χ0n) is 17.4. The normalized spacial score (nSPS) is 21.0. The van der Waals surface area contributed by atoms with Gasteiger partial charge >= 0.3 is 6.18 Å². The molecule has 0 aliphatic carbocycles. The number of halogens is 3. The molecule has 1 N–H and O–H groups in total. The molecule has 10 heteroatoms. The van der Waals surface area contributed by atoms with Crippen LogP contribution in [0.5, 0.6) is 0 Å². The van der Waals surface area contributed by atoms with Crippen molar-refractivity contribution in [2.75, 3.05) is 26.2 Å². The molecule has 31 heavy (non-hydrogen) atoms. The van der Waals surface area contributed by atoms with E-state index in [0.29, 0.717) is 26.6 Å². The third-order valence-corrected chi connectivity index (χ3v) is 7.72. The van der Waals surface area contributed by atoms with Gasteiger partial charge in [-0.2, -0.15) is 17.5 Å². The van der Waals surface area contributed by atoms with Crippen LogP contribution in [0, 0.1) is 0 Å². The van der Waals surface area contributed by atoms with Crippen LogP contribution in [-0.2, 0) is 22.0 Å². The number of benzene rings is 1. The van der Waals surface area contributed by atoms with E-state index in [9.17, 15) is 26.7 Å². The van der Waals surface area contributed by atoms with E-state index in [1.165, 1.54) is 4.31 Å². The monoisotopic (exact) mass is 457 g/mol. The highest BCUT2D eigenvalue weighted by atomic mass is 32.2. The summed E-state index contributed by atoms with van der Waals surface area (Å²) >= 11 is 0. The second kappa shape index (κ2) is 8.85. The number of hydrogen-bond donors (Lipinski definition) is 1. The first kappa shape index (κ1) is 23.6. The summed E-state index contributed by atoms with van der Waals surface area (Å²) in [5.74, 6) is 0. The lowest BCUT2D eigenvalue weighted by Crippen LogP contribution is -2.54. The van der Waals surface area contributed by atoms with Crippen LogP contribution in [0.15, 0.2) is 53.7 Å². The van der Waals surface area contributed by atoms with Gasteiger partial charge in [0.2, 0.25) is 10.0 Å². The Labute approximate surface area is 180 Å². The fourth-order valence-corrected chi connectivity index (χ4v) is 5.28. The van der Waals surface area contributed by atoms with E-state index in [4.69, 9.17) is 0 Å². The van der Waals surface area contributed by atoms with Crippen LogP contribution in [0.4, 0.5) is 13.2 Å². The Kier molecular flexibility index (Phi) is 6.75. The maximum atomic E-state index is 13.1. The molecule has 1 fully saturated rings. The summed E-state index contributed by atoms with van der Waals surface area (Å²) in [5.41, 5.74) is -2.30. The van der Waals surface area contributed by atoms with E-state index < -0.39 is 27.4 Å². The van der Waals surface area contributed by atoms with Gasteiger partial charge in [0.1, 0.15) is 0 Å². The molecular weight excluding hydrogens is 431 g/mol. The lowest BCUT2D eigenvalue weighted by atomic mass is 9.96. The Morgan fingerprint density at radius 2 is 1.71 bits per heavy atom. The van der Waals surface area contributed by atoms with Gasteiger partial charge in [-0.25, -0.2) is 8.42 Å². The molecular formula is C21H26F3N3O3S. The Hall–Kier alpha value is -2.01. The number of hydrogen-bond acceptors (Lipinski definition) is 5. The average Bonchev–Trinajstić information content (AvgIpc) is 2.72. The first-order chi connectivity index (χ1) is 14.4. The minimum atomic E-state index is -4.87. The third-order valence-electron chi connectivity index (χ3n) is 5.69. The Balaban J connectivity index is 1.67. The molecule has 0 radical (unpaired) electrons. The van der Waals surface area contributed by atoms with Gasteiger partial charge < -0.3 is 10.0 Å². The quantitative estimate of drug-likeness (QED) is 0.722. The van der Waals surface area contributed by atoms with Gasteiger partial charge in [-0.05, 0) is 55.7 Å². The van der Waals surface area contributed by atoms with Crippen molar-refractivity contribution in [3.63, 3.8) is 0 Å². The fraction of sp³-hybridized carbons (Fsp3) is 0.476. The van der Waals surface area contributed by atoms with E-state index in [-0.39, 0.29) is 10.9 Å². The summed E-state index contributed by atoms with van der Waals surface area (Å²) in [6, 6.07) is 7.87. The lowest BCUT2D eigenvalue weighted by molar-refractivity contribution is -0.258. The SMILES string of the molecule is C[C@@H]1CN(CCc2ccncc2)CCN1S(=O)(=O)c1ccc(C(C)(O)C(F)(F)F)cc1. The predicted octanol–water partition coefficient (Wildman–Crippen LogP) is 2.79. The minimum Gasteiger partial charge on any atom is -0.376 e. The maximum absolute atomic E-state index is 13.1. The molecule has 6 nitrogen and oxygen atoms in total. The summed E-state index contributed by atoms with van der Waals surface area (Å²) in [6.45, 7) is 4.68. The van der Waals surface area contributed by atoms with Crippen molar-refractivity contribution in [1.82, 2.24) is 14.2 Å². The summed E-state index contributed by atoms with van der Waals surface area (Å²) < 4.78 is 66.6. The number of pyridine rings is 1. The third kappa shape index (κ3) is 5.08. The van der Waals surface area contributed by atoms with Crippen molar-refractivity contribution in [2.45, 2.75) is 43.0 Å². The summed E-state index contributed by atoms with van der Waals surface area (Å²) in [5, 5.41) is 9.77. The number of rotatable bonds is 6. The highest BCUT2D eigenvalue weighted by Gasteiger charge is 2.51. The van der Waals surface area contributed by atoms with Crippen molar-refractivity contribution in [2.24, 2.45) is 0 Å². The van der Waals surface area contributed by atoms with Crippen LogP contribution >= 0.6 is 0 Å². The fourth-order valence-electron chi connectivity index (χ4n) is 3.66. The van der Waals surface area contributed by atoms with E-state index in [1.54, 1.807) is 12.4 Å². The molecule has 2 aromatic rings. The molecule has 3 rings (SSSR count). The molecule has 1 aliphatic rings. The highest BCUT2D eigenvalue weighted by molar-refractivity contribution is 7.89. The van der Waals surface area contributed by atoms with Gasteiger partial charge in [-0.3, -0.25) is 4.98 Å². The molecule has 0 amide bonds. The molecule has 1 aromatic carbocycles. The number of nitrogens with zero attached hydrogens (tertiary/aromatic N) is 3. The molecule has 0 bridgehead atoms. The molecule has 1 saturated heterocycles. The number of aromatic nitrogens is 1. The van der Waals surface area contributed by atoms with E-state index in [0.717, 1.165) is 42.8 Å². The van der Waals surface area contributed by atoms with Crippen LogP contribution < -0.4 is 0 Å². The standard InChI is InChI=1S/C21H26F3N3O3S/c1-16-15-26(12-9-17-7-10-25-11-8-17)13-14-27(16)31(29,30)19-5-3-18(4-6-19)20(2,28)21(22,23)24/h3-8,10-11,16,28H,9,12-15H2,1-2H3/t16-,20?/m1/s1. The molecule has 170 valence electrons. The van der Waals surface area contributed by atoms with Crippen LogP contribution in [0.2, 0.25) is 0 Å². The number of alkyl halides is 3. The largest absolute Gasteiger partial charge is 0.421 e. The van der Waals surface area contributed by atoms with Crippen LogP contribution in [0.3, 0.4) is 0 Å². The van der Waals surface area contributed by atoms with E-state index >= 15 is 0 Å². The van der Waals surface area contributed by atoms with E-state index in [1.807, 2.05) is 19.1 Å². The van der Waals surface area contributed by atoms with Gasteiger partial charge in [0.15, 0.2) is 5.60 Å². The lowest BCUT2D eigenvalue weighted by Gasteiger charge is -2.39. The number of sulfonamides is 1. The molecule has 1 aliphatic heterocycles. The second-order valence-corrected chi connectivity index (χ2v) is 9.86. The number of aliphatic hydroxyl groups is 1. The number of piperazine rings is 1. The van der Waals surface area contributed by atoms with Crippen molar-refractivity contribution in [1.29, 1.82) is 0 Å². The van der Waals surface area contributed by atoms with Gasteiger partial charge in [0.25, 0.3) is 0 Å². The average molecular weight is 458 g/mol. The first-order valence-corrected chi connectivity index (χ1v) is 11.4. The Bertz CT molecular complexity index is 980. The smallest absolute Gasteiger partial charge is 0.376 e. The summed E-state index contributed by atoms with van der Waals surface area (Å²) in [6.07, 6.45) is -0.555. The van der Waals surface area contributed by atoms with Crippen LogP contribution in [0.1, 0.15) is 25.0 Å². The highest BCUT2D eigenvalue weighted by Crippen LogP contribution is 2.38. The van der Waals surface area contributed by atoms with Crippen molar-refractivity contribution >= 4 is 10.0 Å². The summed E-state index contributed by atoms with van der Waals surface area (Å²) in [4.78, 5) is 6.10. The minimum absolute atomic E-state index is 0.0914. The molecule has 0 spiro atoms. The van der Waals surface area contributed by atoms with Gasteiger partial charge in [0.05, 0.1) is 4.90 Å². The molecule has 1 unspecified atom stereocenters. The zero-order chi connectivity index (χ0) is 22.9. The van der Waals surface area contributed by atoms with Gasteiger partial charge in [0, 0.05) is 44.6 Å². The van der Waals surface area contributed by atoms with Crippen molar-refractivity contribution in [3.8, 4) is 0 Å². The Morgan fingerprint density at radius 3 is 2.26 bits per heavy atom. The van der Waals surface area contributed by atoms with Gasteiger partial charge in [-0.1, -0.05) is 12.1 Å². The second-order valence-electron chi connectivity index (χ2n) is 7.97. The molecule has 0 saturated carbocycles. The molecule has 2 heterocycles. The van der Waals surface area contributed by atoms with Crippen molar-refractivity contribution < 1.29 is 26.7 Å². The Morgan fingerprint density at radius 1 is 1.10 bits per heavy atom. The maximum Gasteiger partial charge on any atom is 0.421 e. The topological polar surface area (TPSA) is 73.7 Å². The van der Waals surface area contributed by atoms with Crippen LogP contribution in [-0.4, -0.2) is 66.1 Å². The first-order valence-electron chi connectivity index (χ1n) is 9.95. The van der Waals surface area contributed by atoms with E-state index in [2.05, 4.69) is 9.88 Å². The summed E-state index contributed by atoms with van der Waals surface area (Å²) in [7, 11) is -3.86. The van der Waals surface area contributed by atoms with Crippen molar-refractivity contribution in [3.05, 3.63) is 59.9 Å². The molecule has 1 aromatic heterocycles. The van der Waals surface area contributed by atoms with Crippen LogP contribution in [0.25, 0.3) is 0 Å². The molecule has 2 atom stereocenters.